The maximum absolute atomic E-state index is 6.41. The van der Waals surface area contributed by atoms with Crippen molar-refractivity contribution in [2.45, 2.75) is 51.5 Å². The highest BCUT2D eigenvalue weighted by Gasteiger charge is 2.27. The third-order valence-electron chi connectivity index (χ3n) is 5.48. The van der Waals surface area contributed by atoms with E-state index in [0.717, 1.165) is 35.9 Å². The van der Waals surface area contributed by atoms with Crippen LogP contribution in [0.4, 0.5) is 0 Å². The van der Waals surface area contributed by atoms with E-state index in [1.807, 2.05) is 0 Å². The number of rotatable bonds is 10. The lowest BCUT2D eigenvalue weighted by Gasteiger charge is -2.32. The maximum atomic E-state index is 6.41. The van der Waals surface area contributed by atoms with Crippen LogP contribution in [0.15, 0.2) is 16.9 Å². The van der Waals surface area contributed by atoms with Gasteiger partial charge in [-0.3, -0.25) is 0 Å². The van der Waals surface area contributed by atoms with E-state index in [4.69, 9.17) is 10.5 Å². The molecular weight excluding hydrogens is 380 g/mol. The molecule has 142 valence electrons. The second-order valence-corrected chi connectivity index (χ2v) is 8.05. The molecule has 1 atom stereocenters. The zero-order valence-electron chi connectivity index (χ0n) is 15.7. The van der Waals surface area contributed by atoms with E-state index in [1.54, 1.807) is 19.5 Å². The van der Waals surface area contributed by atoms with Crippen LogP contribution in [0.25, 0.3) is 0 Å². The summed E-state index contributed by atoms with van der Waals surface area (Å²) in [6, 6.07) is -0.0290. The van der Waals surface area contributed by atoms with E-state index in [2.05, 4.69) is 37.7 Å². The van der Waals surface area contributed by atoms with Crippen LogP contribution in [-0.4, -0.2) is 48.2 Å². The lowest BCUT2D eigenvalue weighted by molar-refractivity contribution is 0.146. The largest absolute Gasteiger partial charge is 0.383 e. The number of hydrogen-bond donors (Lipinski definition) is 1. The number of halogens is 1. The van der Waals surface area contributed by atoms with Gasteiger partial charge in [-0.1, -0.05) is 19.8 Å². The first-order valence-electron chi connectivity index (χ1n) is 9.58. The minimum absolute atomic E-state index is 0.0290. The first kappa shape index (κ1) is 20.7. The van der Waals surface area contributed by atoms with Gasteiger partial charge in [0.25, 0.3) is 0 Å². The predicted molar refractivity (Wildman–Crippen MR) is 105 cm³/mol. The number of nitrogens with zero attached hydrogens (tertiary/aromatic N) is 3. The molecule has 0 aromatic carbocycles. The summed E-state index contributed by atoms with van der Waals surface area (Å²) in [7, 11) is 1.77. The van der Waals surface area contributed by atoms with Crippen molar-refractivity contribution in [2.24, 2.45) is 17.6 Å². The first-order chi connectivity index (χ1) is 12.1. The standard InChI is InChI=1S/C19H33BrN4O/c1-3-24(11-12-25-2)10-4-5-15-6-8-16(9-7-15)18(21)19-22-13-17(20)14-23-19/h13-16,18H,3-12,21H2,1-2H3. The van der Waals surface area contributed by atoms with Crippen molar-refractivity contribution >= 4 is 15.9 Å². The van der Waals surface area contributed by atoms with Gasteiger partial charge < -0.3 is 15.4 Å². The zero-order valence-corrected chi connectivity index (χ0v) is 17.2. The van der Waals surface area contributed by atoms with Crippen LogP contribution >= 0.6 is 15.9 Å². The highest BCUT2D eigenvalue weighted by Crippen LogP contribution is 2.36. The third kappa shape index (κ3) is 6.93. The summed E-state index contributed by atoms with van der Waals surface area (Å²) in [6.07, 6.45) is 11.2. The molecule has 6 heteroatoms. The molecule has 1 saturated carbocycles. The van der Waals surface area contributed by atoms with Crippen LogP contribution in [0.1, 0.15) is 57.3 Å². The van der Waals surface area contributed by atoms with Crippen LogP contribution in [0.2, 0.25) is 0 Å². The van der Waals surface area contributed by atoms with Gasteiger partial charge in [-0.2, -0.15) is 0 Å². The van der Waals surface area contributed by atoms with E-state index in [1.165, 1.54) is 45.1 Å². The summed E-state index contributed by atoms with van der Waals surface area (Å²) < 4.78 is 6.08. The van der Waals surface area contributed by atoms with Crippen LogP contribution in [0, 0.1) is 11.8 Å². The molecule has 1 aromatic heterocycles. The summed E-state index contributed by atoms with van der Waals surface area (Å²) in [6.45, 7) is 6.40. The number of hydrogen-bond acceptors (Lipinski definition) is 5. The average molecular weight is 413 g/mol. The summed E-state index contributed by atoms with van der Waals surface area (Å²) in [5.74, 6) is 2.16. The molecule has 1 unspecified atom stereocenters. The third-order valence-corrected chi connectivity index (χ3v) is 5.89. The van der Waals surface area contributed by atoms with Crippen molar-refractivity contribution in [2.75, 3.05) is 33.4 Å². The predicted octanol–water partition coefficient (Wildman–Crippen LogP) is 3.79. The van der Waals surface area contributed by atoms with Gasteiger partial charge in [0.2, 0.25) is 0 Å². The van der Waals surface area contributed by atoms with Crippen molar-refractivity contribution in [3.63, 3.8) is 0 Å². The Labute approximate surface area is 160 Å². The topological polar surface area (TPSA) is 64.3 Å². The molecule has 0 amide bonds. The van der Waals surface area contributed by atoms with Gasteiger partial charge in [-0.15, -0.1) is 0 Å². The second kappa shape index (κ2) is 11.2. The molecule has 1 heterocycles. The molecule has 0 aliphatic heterocycles. The fourth-order valence-corrected chi connectivity index (χ4v) is 4.00. The number of methoxy groups -OCH3 is 1. The molecule has 5 nitrogen and oxygen atoms in total. The van der Waals surface area contributed by atoms with Crippen LogP contribution in [0.5, 0.6) is 0 Å². The Morgan fingerprint density at radius 3 is 2.52 bits per heavy atom. The van der Waals surface area contributed by atoms with Crippen molar-refractivity contribution in [1.82, 2.24) is 14.9 Å². The van der Waals surface area contributed by atoms with E-state index >= 15 is 0 Å². The Morgan fingerprint density at radius 2 is 1.92 bits per heavy atom. The van der Waals surface area contributed by atoms with Crippen LogP contribution in [0.3, 0.4) is 0 Å². The van der Waals surface area contributed by atoms with Gasteiger partial charge in [-0.25, -0.2) is 9.97 Å². The van der Waals surface area contributed by atoms with Gasteiger partial charge in [0.15, 0.2) is 0 Å². The average Bonchev–Trinajstić information content (AvgIpc) is 2.65. The van der Waals surface area contributed by atoms with E-state index in [-0.39, 0.29) is 6.04 Å². The number of ether oxygens (including phenoxy) is 1. The van der Waals surface area contributed by atoms with Gasteiger partial charge in [0.1, 0.15) is 5.82 Å². The van der Waals surface area contributed by atoms with Crippen LogP contribution in [-0.2, 0) is 4.74 Å². The molecule has 0 spiro atoms. The Balaban J connectivity index is 1.68. The summed E-state index contributed by atoms with van der Waals surface area (Å²) in [5.41, 5.74) is 6.41. The molecule has 2 N–H and O–H groups in total. The van der Waals surface area contributed by atoms with Crippen molar-refractivity contribution in [1.29, 1.82) is 0 Å². The fourth-order valence-electron chi connectivity index (χ4n) is 3.79. The zero-order chi connectivity index (χ0) is 18.1. The molecule has 0 radical (unpaired) electrons. The number of nitrogens with two attached hydrogens (primary N) is 1. The highest BCUT2D eigenvalue weighted by atomic mass is 79.9. The van der Waals surface area contributed by atoms with Gasteiger partial charge in [0.05, 0.1) is 17.1 Å². The van der Waals surface area contributed by atoms with Crippen molar-refractivity contribution in [3.8, 4) is 0 Å². The van der Waals surface area contributed by atoms with E-state index in [9.17, 15) is 0 Å². The lowest BCUT2D eigenvalue weighted by atomic mass is 9.77. The Morgan fingerprint density at radius 1 is 1.24 bits per heavy atom. The molecule has 25 heavy (non-hydrogen) atoms. The molecule has 0 saturated heterocycles. The fraction of sp³-hybridized carbons (Fsp3) is 0.789. The monoisotopic (exact) mass is 412 g/mol. The Bertz CT molecular complexity index is 477. The van der Waals surface area contributed by atoms with Gasteiger partial charge in [-0.05, 0) is 66.5 Å². The van der Waals surface area contributed by atoms with E-state index < -0.39 is 0 Å². The van der Waals surface area contributed by atoms with Crippen molar-refractivity contribution < 1.29 is 4.74 Å². The highest BCUT2D eigenvalue weighted by molar-refractivity contribution is 9.10. The minimum atomic E-state index is -0.0290. The Hall–Kier alpha value is -0.560. The first-order valence-corrected chi connectivity index (χ1v) is 10.4. The van der Waals surface area contributed by atoms with Crippen LogP contribution < -0.4 is 5.73 Å². The van der Waals surface area contributed by atoms with E-state index in [0.29, 0.717) is 5.92 Å². The molecule has 1 aromatic rings. The summed E-state index contributed by atoms with van der Waals surface area (Å²) in [5, 5.41) is 0. The normalized spacial score (nSPS) is 22.3. The molecule has 2 rings (SSSR count). The summed E-state index contributed by atoms with van der Waals surface area (Å²) >= 11 is 3.38. The number of likely N-dealkylation sites (N-methyl/N-ethyl adjacent to an activating group) is 1. The van der Waals surface area contributed by atoms with Gasteiger partial charge >= 0.3 is 0 Å². The van der Waals surface area contributed by atoms with Gasteiger partial charge in [0, 0.05) is 26.0 Å². The maximum Gasteiger partial charge on any atom is 0.145 e. The SMILES string of the molecule is CCN(CCCC1CCC(C(N)c2ncc(Br)cn2)CC1)CCOC. The second-order valence-electron chi connectivity index (χ2n) is 7.14. The Kier molecular flexibility index (Phi) is 9.31. The minimum Gasteiger partial charge on any atom is -0.383 e. The molecular formula is C19H33BrN4O. The molecule has 1 fully saturated rings. The summed E-state index contributed by atoms with van der Waals surface area (Å²) in [4.78, 5) is 11.2. The smallest absolute Gasteiger partial charge is 0.145 e. The number of aromatic nitrogens is 2. The molecule has 0 bridgehead atoms. The lowest BCUT2D eigenvalue weighted by Crippen LogP contribution is -2.29. The quantitative estimate of drug-likeness (QED) is 0.632. The molecule has 1 aliphatic rings. The van der Waals surface area contributed by atoms with Crippen molar-refractivity contribution in [3.05, 3.63) is 22.7 Å². The molecule has 1 aliphatic carbocycles.